The molecule has 104 valence electrons. The SMILES string of the molecule is C=CCN1C(=O)C(=Nc2ccc(C)cc2)c2ccccc21. The average Bonchev–Trinajstić information content (AvgIpc) is 2.76. The first-order valence-corrected chi connectivity index (χ1v) is 6.88. The fourth-order valence-corrected chi connectivity index (χ4v) is 2.43. The van der Waals surface area contributed by atoms with E-state index in [0.717, 1.165) is 16.9 Å². The lowest BCUT2D eigenvalue weighted by Crippen LogP contribution is -2.30. The van der Waals surface area contributed by atoms with E-state index in [1.54, 1.807) is 11.0 Å². The maximum Gasteiger partial charge on any atom is 0.277 e. The molecule has 2 aromatic rings. The standard InChI is InChI=1S/C18H16N2O/c1-3-12-20-16-7-5-4-6-15(16)17(18(20)21)19-14-10-8-13(2)9-11-14/h3-11H,1,12H2,2H3. The van der Waals surface area contributed by atoms with E-state index in [1.165, 1.54) is 5.56 Å². The Morgan fingerprint density at radius 3 is 2.57 bits per heavy atom. The van der Waals surface area contributed by atoms with Crippen LogP contribution in [-0.4, -0.2) is 18.2 Å². The summed E-state index contributed by atoms with van der Waals surface area (Å²) in [4.78, 5) is 18.8. The summed E-state index contributed by atoms with van der Waals surface area (Å²) in [5, 5.41) is 0. The number of benzene rings is 2. The molecule has 0 aliphatic carbocycles. The third-order valence-corrected chi connectivity index (χ3v) is 3.48. The number of para-hydroxylation sites is 1. The van der Waals surface area contributed by atoms with Crippen molar-refractivity contribution in [1.29, 1.82) is 0 Å². The number of aryl methyl sites for hydroxylation is 1. The maximum atomic E-state index is 12.6. The van der Waals surface area contributed by atoms with E-state index in [0.29, 0.717) is 12.3 Å². The minimum absolute atomic E-state index is 0.0725. The third-order valence-electron chi connectivity index (χ3n) is 3.48. The van der Waals surface area contributed by atoms with Crippen molar-refractivity contribution in [2.75, 3.05) is 11.4 Å². The van der Waals surface area contributed by atoms with Crippen LogP contribution in [0.4, 0.5) is 11.4 Å². The second kappa shape index (κ2) is 5.37. The highest BCUT2D eigenvalue weighted by atomic mass is 16.2. The molecule has 0 aromatic heterocycles. The van der Waals surface area contributed by atoms with Crippen molar-refractivity contribution in [3.05, 3.63) is 72.3 Å². The molecule has 0 spiro atoms. The van der Waals surface area contributed by atoms with Gasteiger partial charge in [0.1, 0.15) is 5.71 Å². The van der Waals surface area contributed by atoms with Crippen molar-refractivity contribution in [3.63, 3.8) is 0 Å². The highest BCUT2D eigenvalue weighted by Crippen LogP contribution is 2.30. The normalized spacial score (nSPS) is 15.4. The molecule has 1 amide bonds. The van der Waals surface area contributed by atoms with Gasteiger partial charge in [-0.1, -0.05) is 42.0 Å². The number of hydrogen-bond acceptors (Lipinski definition) is 2. The Balaban J connectivity index is 2.08. The van der Waals surface area contributed by atoms with Crippen LogP contribution in [0, 0.1) is 6.92 Å². The summed E-state index contributed by atoms with van der Waals surface area (Å²) < 4.78 is 0. The largest absolute Gasteiger partial charge is 0.303 e. The molecule has 1 aliphatic rings. The molecule has 3 heteroatoms. The third kappa shape index (κ3) is 2.38. The minimum Gasteiger partial charge on any atom is -0.303 e. The van der Waals surface area contributed by atoms with Crippen LogP contribution in [-0.2, 0) is 4.79 Å². The van der Waals surface area contributed by atoms with E-state index < -0.39 is 0 Å². The van der Waals surface area contributed by atoms with Gasteiger partial charge < -0.3 is 4.90 Å². The number of aliphatic imine (C=N–C) groups is 1. The van der Waals surface area contributed by atoms with Crippen LogP contribution < -0.4 is 4.90 Å². The summed E-state index contributed by atoms with van der Waals surface area (Å²) in [5.41, 5.74) is 4.24. The number of fused-ring (bicyclic) bond motifs is 1. The molecule has 0 saturated heterocycles. The number of nitrogens with zero attached hydrogens (tertiary/aromatic N) is 2. The van der Waals surface area contributed by atoms with E-state index in [2.05, 4.69) is 11.6 Å². The van der Waals surface area contributed by atoms with Crippen LogP contribution in [0.5, 0.6) is 0 Å². The zero-order chi connectivity index (χ0) is 14.8. The van der Waals surface area contributed by atoms with Crippen molar-refractivity contribution in [2.24, 2.45) is 4.99 Å². The van der Waals surface area contributed by atoms with Crippen LogP contribution >= 0.6 is 0 Å². The monoisotopic (exact) mass is 276 g/mol. The topological polar surface area (TPSA) is 32.7 Å². The lowest BCUT2D eigenvalue weighted by Gasteiger charge is -2.13. The zero-order valence-corrected chi connectivity index (χ0v) is 11.9. The zero-order valence-electron chi connectivity index (χ0n) is 11.9. The molecule has 0 unspecified atom stereocenters. The van der Waals surface area contributed by atoms with E-state index in [1.807, 2.05) is 55.5 Å². The molecule has 1 aliphatic heterocycles. The Labute approximate surface area is 124 Å². The molecule has 0 N–H and O–H groups in total. The van der Waals surface area contributed by atoms with Crippen molar-refractivity contribution in [3.8, 4) is 0 Å². The van der Waals surface area contributed by atoms with E-state index in [9.17, 15) is 4.79 Å². The summed E-state index contributed by atoms with van der Waals surface area (Å²) in [6.45, 7) is 6.23. The second-order valence-electron chi connectivity index (χ2n) is 5.02. The van der Waals surface area contributed by atoms with Gasteiger partial charge in [-0.15, -0.1) is 6.58 Å². The minimum atomic E-state index is -0.0725. The molecular weight excluding hydrogens is 260 g/mol. The summed E-state index contributed by atoms with van der Waals surface area (Å²) >= 11 is 0. The molecule has 0 atom stereocenters. The van der Waals surface area contributed by atoms with Crippen molar-refractivity contribution in [1.82, 2.24) is 0 Å². The first-order chi connectivity index (χ1) is 10.2. The van der Waals surface area contributed by atoms with E-state index in [4.69, 9.17) is 0 Å². The fourth-order valence-electron chi connectivity index (χ4n) is 2.43. The van der Waals surface area contributed by atoms with Crippen LogP contribution in [0.15, 0.2) is 66.2 Å². The Morgan fingerprint density at radius 2 is 1.86 bits per heavy atom. The molecule has 0 radical (unpaired) electrons. The number of rotatable bonds is 3. The highest BCUT2D eigenvalue weighted by molar-refractivity contribution is 6.54. The number of hydrogen-bond donors (Lipinski definition) is 0. The molecular formula is C18H16N2O. The molecule has 3 rings (SSSR count). The van der Waals surface area contributed by atoms with Gasteiger partial charge in [0.2, 0.25) is 0 Å². The van der Waals surface area contributed by atoms with Gasteiger partial charge in [0, 0.05) is 12.1 Å². The first kappa shape index (κ1) is 13.3. The molecule has 0 bridgehead atoms. The van der Waals surface area contributed by atoms with Gasteiger partial charge in [-0.3, -0.25) is 4.79 Å². The number of carbonyl (C=O) groups excluding carboxylic acids is 1. The van der Waals surface area contributed by atoms with Crippen LogP contribution in [0.3, 0.4) is 0 Å². The van der Waals surface area contributed by atoms with Gasteiger partial charge >= 0.3 is 0 Å². The quantitative estimate of drug-likeness (QED) is 0.788. The molecule has 1 heterocycles. The molecule has 21 heavy (non-hydrogen) atoms. The summed E-state index contributed by atoms with van der Waals surface area (Å²) in [6, 6.07) is 15.6. The lowest BCUT2D eigenvalue weighted by atomic mass is 10.1. The Morgan fingerprint density at radius 1 is 1.14 bits per heavy atom. The first-order valence-electron chi connectivity index (χ1n) is 6.88. The summed E-state index contributed by atoms with van der Waals surface area (Å²) in [5.74, 6) is -0.0725. The van der Waals surface area contributed by atoms with Gasteiger partial charge in [-0.05, 0) is 25.1 Å². The van der Waals surface area contributed by atoms with Crippen LogP contribution in [0.2, 0.25) is 0 Å². The average molecular weight is 276 g/mol. The fraction of sp³-hybridized carbons (Fsp3) is 0.111. The Hall–Kier alpha value is -2.68. The maximum absolute atomic E-state index is 12.6. The van der Waals surface area contributed by atoms with Crippen molar-refractivity contribution < 1.29 is 4.79 Å². The Bertz CT molecular complexity index is 729. The Kier molecular flexibility index (Phi) is 3.40. The van der Waals surface area contributed by atoms with Crippen molar-refractivity contribution >= 4 is 23.0 Å². The van der Waals surface area contributed by atoms with Gasteiger partial charge in [-0.2, -0.15) is 0 Å². The lowest BCUT2D eigenvalue weighted by molar-refractivity contribution is -0.112. The summed E-state index contributed by atoms with van der Waals surface area (Å²) in [7, 11) is 0. The predicted molar refractivity (Wildman–Crippen MR) is 86.4 cm³/mol. The predicted octanol–water partition coefficient (Wildman–Crippen LogP) is 3.65. The molecule has 0 saturated carbocycles. The molecule has 0 fully saturated rings. The number of amides is 1. The van der Waals surface area contributed by atoms with Crippen molar-refractivity contribution in [2.45, 2.75) is 6.92 Å². The molecule has 3 nitrogen and oxygen atoms in total. The number of anilines is 1. The van der Waals surface area contributed by atoms with Gasteiger partial charge in [0.15, 0.2) is 0 Å². The summed E-state index contributed by atoms with van der Waals surface area (Å²) in [6.07, 6.45) is 1.73. The van der Waals surface area contributed by atoms with E-state index in [-0.39, 0.29) is 5.91 Å². The van der Waals surface area contributed by atoms with Gasteiger partial charge in [-0.25, -0.2) is 4.99 Å². The highest BCUT2D eigenvalue weighted by Gasteiger charge is 2.32. The van der Waals surface area contributed by atoms with Gasteiger partial charge in [0.25, 0.3) is 5.91 Å². The van der Waals surface area contributed by atoms with Crippen LogP contribution in [0.1, 0.15) is 11.1 Å². The molecule has 2 aromatic carbocycles. The van der Waals surface area contributed by atoms with Crippen LogP contribution in [0.25, 0.3) is 0 Å². The smallest absolute Gasteiger partial charge is 0.277 e. The van der Waals surface area contributed by atoms with Gasteiger partial charge in [0.05, 0.1) is 11.4 Å². The second-order valence-corrected chi connectivity index (χ2v) is 5.02. The van der Waals surface area contributed by atoms with E-state index >= 15 is 0 Å². The number of carbonyl (C=O) groups is 1.